The van der Waals surface area contributed by atoms with E-state index in [1.165, 1.54) is 38.5 Å². The molecular weight excluding hydrogens is 767 g/mol. The average molecular weight is 798 g/mol. The van der Waals surface area contributed by atoms with E-state index < -0.39 is 52.3 Å². The monoisotopic (exact) mass is 797 g/mol. The first-order chi connectivity index (χ1) is 26.0. The Morgan fingerprint density at radius 3 is 2.57 bits per heavy atom. The number of alkyl halides is 2. The topological polar surface area (TPSA) is 160 Å². The van der Waals surface area contributed by atoms with E-state index in [1.807, 2.05) is 11.0 Å². The van der Waals surface area contributed by atoms with E-state index in [1.54, 1.807) is 36.1 Å². The van der Waals surface area contributed by atoms with Gasteiger partial charge in [-0.05, 0) is 56.0 Å². The molecule has 2 unspecified atom stereocenters. The van der Waals surface area contributed by atoms with Crippen molar-refractivity contribution in [1.82, 2.24) is 48.7 Å². The molecule has 0 saturated carbocycles. The molecule has 0 radical (unpaired) electrons. The number of hydrogen-bond donors (Lipinski definition) is 2. The molecule has 5 atom stereocenters. The molecule has 20 heteroatoms. The Labute approximate surface area is 315 Å². The van der Waals surface area contributed by atoms with Gasteiger partial charge >= 0.3 is 6.55 Å². The summed E-state index contributed by atoms with van der Waals surface area (Å²) in [5.41, 5.74) is 0.602. The van der Waals surface area contributed by atoms with Gasteiger partial charge in [0.25, 0.3) is 10.2 Å². The lowest BCUT2D eigenvalue weighted by Gasteiger charge is -2.42. The maximum Gasteiger partial charge on any atom is 0.333 e. The number of aromatic nitrogens is 7. The molecule has 1 aromatic carbocycles. The maximum atomic E-state index is 14.3. The number of rotatable bonds is 9. The van der Waals surface area contributed by atoms with Crippen molar-refractivity contribution in [3.8, 4) is 5.82 Å². The highest BCUT2D eigenvalue weighted by Crippen LogP contribution is 2.48. The number of thiazole rings is 1. The zero-order chi connectivity index (χ0) is 37.4. The number of piperidine rings is 1. The summed E-state index contributed by atoms with van der Waals surface area (Å²) in [6.07, 6.45) is 7.56. The Balaban J connectivity index is 1.03. The fourth-order valence-electron chi connectivity index (χ4n) is 8.17. The van der Waals surface area contributed by atoms with Crippen molar-refractivity contribution >= 4 is 44.6 Å². The highest BCUT2D eigenvalue weighted by Gasteiger charge is 2.54. The molecule has 0 spiro atoms. The molecule has 4 aromatic heterocycles. The molecule has 4 aliphatic heterocycles. The molecule has 4 aliphatic rings. The molecular formula is C34H31ClF3N11O3S2. The van der Waals surface area contributed by atoms with Gasteiger partial charge in [-0.15, -0.1) is 16.4 Å². The summed E-state index contributed by atoms with van der Waals surface area (Å²) in [6.45, 7) is -2.75. The van der Waals surface area contributed by atoms with Crippen molar-refractivity contribution in [3.63, 3.8) is 0 Å². The third kappa shape index (κ3) is 6.12. The van der Waals surface area contributed by atoms with Gasteiger partial charge in [0.1, 0.15) is 23.2 Å². The van der Waals surface area contributed by atoms with Crippen LogP contribution in [0.5, 0.6) is 0 Å². The highest BCUT2D eigenvalue weighted by atomic mass is 35.5. The van der Waals surface area contributed by atoms with Crippen molar-refractivity contribution in [2.24, 2.45) is 4.99 Å². The SMILES string of the molecule is O=S(=O)(N[C@H]1CC2=C(c3ccn(C(F)F)n3)[C@H](c3ccc(F)cc3Cl)N=C(c3nccs3)N2C1)N1C2CC[C@H]1CC(O)(c1cn(-c3ccccn3)nn1)C2. The average Bonchev–Trinajstić information content (AvgIpc) is 3.98. The zero-order valence-corrected chi connectivity index (χ0v) is 30.5. The van der Waals surface area contributed by atoms with E-state index >= 15 is 0 Å². The molecule has 0 amide bonds. The summed E-state index contributed by atoms with van der Waals surface area (Å²) in [4.78, 5) is 15.6. The van der Waals surface area contributed by atoms with Crippen LogP contribution in [-0.4, -0.2) is 88.0 Å². The van der Waals surface area contributed by atoms with Gasteiger partial charge in [-0.3, -0.25) is 4.99 Å². The molecule has 9 rings (SSSR count). The maximum absolute atomic E-state index is 14.3. The Hall–Kier alpha value is -4.53. The first-order valence-corrected chi connectivity index (χ1v) is 19.8. The van der Waals surface area contributed by atoms with E-state index in [0.717, 1.165) is 12.3 Å². The number of pyridine rings is 1. The summed E-state index contributed by atoms with van der Waals surface area (Å²) < 4.78 is 76.8. The van der Waals surface area contributed by atoms with Crippen molar-refractivity contribution < 1.29 is 26.7 Å². The normalized spacial score (nSPS) is 25.8. The van der Waals surface area contributed by atoms with E-state index in [2.05, 4.69) is 30.1 Å². The molecule has 3 fully saturated rings. The number of nitrogens with zero attached hydrogens (tertiary/aromatic N) is 10. The van der Waals surface area contributed by atoms with Crippen LogP contribution in [0, 0.1) is 5.82 Å². The van der Waals surface area contributed by atoms with E-state index in [0.29, 0.717) is 56.7 Å². The fourth-order valence-corrected chi connectivity index (χ4v) is 10.9. The van der Waals surface area contributed by atoms with Crippen LogP contribution in [-0.2, 0) is 15.8 Å². The number of halogens is 4. The van der Waals surface area contributed by atoms with Crippen LogP contribution in [0.3, 0.4) is 0 Å². The lowest BCUT2D eigenvalue weighted by Crippen LogP contribution is -2.56. The number of amidine groups is 1. The highest BCUT2D eigenvalue weighted by molar-refractivity contribution is 7.87. The van der Waals surface area contributed by atoms with Gasteiger partial charge < -0.3 is 10.0 Å². The summed E-state index contributed by atoms with van der Waals surface area (Å²) >= 11 is 7.91. The van der Waals surface area contributed by atoms with Crippen LogP contribution in [0.25, 0.3) is 11.4 Å². The first kappa shape index (κ1) is 35.2. The molecule has 2 bridgehead atoms. The van der Waals surface area contributed by atoms with Gasteiger partial charge in [-0.25, -0.2) is 23.7 Å². The summed E-state index contributed by atoms with van der Waals surface area (Å²) in [5.74, 6) is 0.416. The van der Waals surface area contributed by atoms with Crippen molar-refractivity contribution in [1.29, 1.82) is 0 Å². The van der Waals surface area contributed by atoms with Gasteiger partial charge in [0.2, 0.25) is 0 Å². The van der Waals surface area contributed by atoms with Crippen LogP contribution in [0.2, 0.25) is 5.02 Å². The van der Waals surface area contributed by atoms with Gasteiger partial charge in [-0.2, -0.15) is 31.3 Å². The smallest absolute Gasteiger partial charge is 0.333 e. The Kier molecular flexibility index (Phi) is 8.70. The third-order valence-corrected chi connectivity index (χ3v) is 13.3. The molecule has 5 aromatic rings. The van der Waals surface area contributed by atoms with Gasteiger partial charge in [0, 0.05) is 76.9 Å². The predicted molar refractivity (Wildman–Crippen MR) is 191 cm³/mol. The minimum atomic E-state index is -4.12. The number of aliphatic imine (C=N–C) groups is 1. The molecule has 3 saturated heterocycles. The van der Waals surface area contributed by atoms with Crippen LogP contribution in [0.15, 0.2) is 83.3 Å². The van der Waals surface area contributed by atoms with Crippen LogP contribution in [0.4, 0.5) is 13.2 Å². The Morgan fingerprint density at radius 1 is 1.07 bits per heavy atom. The number of fused-ring (bicyclic) bond motifs is 3. The molecule has 54 heavy (non-hydrogen) atoms. The Morgan fingerprint density at radius 2 is 1.89 bits per heavy atom. The molecule has 0 aliphatic carbocycles. The van der Waals surface area contributed by atoms with Crippen LogP contribution >= 0.6 is 22.9 Å². The molecule has 2 N–H and O–H groups in total. The minimum Gasteiger partial charge on any atom is -0.383 e. The van der Waals surface area contributed by atoms with E-state index in [4.69, 9.17) is 16.6 Å². The third-order valence-electron chi connectivity index (χ3n) is 10.4. The number of benzene rings is 1. The molecule has 8 heterocycles. The number of aliphatic hydroxyl groups is 1. The number of hydrogen-bond acceptors (Lipinski definition) is 11. The zero-order valence-electron chi connectivity index (χ0n) is 28.1. The standard InChI is InChI=1S/C34H31ClF3N11O3S2/c35-24-13-19(36)4-7-23(24)30-29(25-8-11-47(43-25)33(37)38)26-14-20(17-46(26)31(41-30)32-40-10-12-53-32)44-54(51,52)49-21-5-6-22(49)16-34(50,15-21)27-18-48(45-42-27)28-3-1-2-9-39-28/h1-4,7-13,18,20-22,30,33,44,50H,5-6,14-17H2/t20-,21-,22?,30-,34?/m0/s1. The van der Waals surface area contributed by atoms with E-state index in [-0.39, 0.29) is 36.5 Å². The van der Waals surface area contributed by atoms with E-state index in [9.17, 15) is 26.7 Å². The lowest BCUT2D eigenvalue weighted by atomic mass is 9.85. The van der Waals surface area contributed by atoms with Crippen LogP contribution in [0.1, 0.15) is 66.7 Å². The van der Waals surface area contributed by atoms with Crippen molar-refractivity contribution in [2.45, 2.75) is 68.4 Å². The largest absolute Gasteiger partial charge is 0.383 e. The summed E-state index contributed by atoms with van der Waals surface area (Å²) in [6, 6.07) is 8.13. The Bertz CT molecular complexity index is 2380. The minimum absolute atomic E-state index is 0.0807. The van der Waals surface area contributed by atoms with Crippen molar-refractivity contribution in [3.05, 3.63) is 111 Å². The first-order valence-electron chi connectivity index (χ1n) is 17.1. The second-order valence-corrected chi connectivity index (χ2v) is 16.6. The number of nitrogens with one attached hydrogen (secondary N) is 1. The fraction of sp³-hybridized carbons (Fsp3) is 0.353. The summed E-state index contributed by atoms with van der Waals surface area (Å²) in [7, 11) is -4.12. The second kappa shape index (κ2) is 13.3. The van der Waals surface area contributed by atoms with Gasteiger partial charge in [-0.1, -0.05) is 28.9 Å². The lowest BCUT2D eigenvalue weighted by molar-refractivity contribution is -0.0378. The quantitative estimate of drug-likeness (QED) is 0.213. The second-order valence-electron chi connectivity index (χ2n) is 13.7. The van der Waals surface area contributed by atoms with Gasteiger partial charge in [0.15, 0.2) is 16.7 Å². The summed E-state index contributed by atoms with van der Waals surface area (Å²) in [5, 5.41) is 26.8. The molecule has 14 nitrogen and oxygen atoms in total. The van der Waals surface area contributed by atoms with Crippen molar-refractivity contribution in [2.75, 3.05) is 6.54 Å². The van der Waals surface area contributed by atoms with Gasteiger partial charge in [0.05, 0.1) is 11.9 Å². The van der Waals surface area contributed by atoms with Crippen LogP contribution < -0.4 is 4.72 Å². The molecule has 280 valence electrons. The predicted octanol–water partition coefficient (Wildman–Crippen LogP) is 4.84.